The first kappa shape index (κ1) is 15.8. The number of nitrogens with zero attached hydrogens (tertiary/aromatic N) is 3. The van der Waals surface area contributed by atoms with Gasteiger partial charge in [0.25, 0.3) is 0 Å². The van der Waals surface area contributed by atoms with E-state index in [2.05, 4.69) is 14.9 Å². The van der Waals surface area contributed by atoms with E-state index in [1.807, 2.05) is 33.3 Å². The minimum absolute atomic E-state index is 0.285. The zero-order chi connectivity index (χ0) is 15.5. The molecule has 0 atom stereocenters. The molecular weight excluding hydrogens is 268 g/mol. The fraction of sp³-hybridized carbons (Fsp3) is 0.733. The molecule has 0 radical (unpaired) electrons. The molecular formula is C15H26N4O2. The molecule has 1 heterocycles. The third-order valence-corrected chi connectivity index (χ3v) is 3.32. The number of hydrogen-bond donors (Lipinski definition) is 1. The Morgan fingerprint density at radius 3 is 2.86 bits per heavy atom. The van der Waals surface area contributed by atoms with Crippen molar-refractivity contribution in [1.82, 2.24) is 19.8 Å². The van der Waals surface area contributed by atoms with Crippen LogP contribution in [0, 0.1) is 0 Å². The molecule has 21 heavy (non-hydrogen) atoms. The first-order valence-electron chi connectivity index (χ1n) is 7.52. The molecule has 1 aromatic rings. The smallest absolute Gasteiger partial charge is 0.410 e. The predicted octanol–water partition coefficient (Wildman–Crippen LogP) is 2.17. The lowest BCUT2D eigenvalue weighted by Crippen LogP contribution is -2.38. The van der Waals surface area contributed by atoms with Gasteiger partial charge in [0.05, 0.1) is 12.0 Å². The maximum atomic E-state index is 11.8. The van der Waals surface area contributed by atoms with Crippen LogP contribution in [0.5, 0.6) is 0 Å². The normalized spacial score (nSPS) is 15.0. The van der Waals surface area contributed by atoms with Gasteiger partial charge in [0.2, 0.25) is 0 Å². The van der Waals surface area contributed by atoms with Crippen LogP contribution in [0.25, 0.3) is 0 Å². The van der Waals surface area contributed by atoms with Gasteiger partial charge in [-0.3, -0.25) is 0 Å². The van der Waals surface area contributed by atoms with Crippen LogP contribution in [0.4, 0.5) is 4.79 Å². The van der Waals surface area contributed by atoms with Crippen LogP contribution >= 0.6 is 0 Å². The van der Waals surface area contributed by atoms with Gasteiger partial charge >= 0.3 is 6.09 Å². The zero-order valence-corrected chi connectivity index (χ0v) is 13.4. The molecule has 1 fully saturated rings. The highest BCUT2D eigenvalue weighted by Crippen LogP contribution is 2.35. The number of imidazole rings is 1. The summed E-state index contributed by atoms with van der Waals surface area (Å²) in [7, 11) is 1.75. The number of ether oxygens (including phenoxy) is 1. The molecule has 0 bridgehead atoms. The number of rotatable bonds is 6. The monoisotopic (exact) mass is 294 g/mol. The van der Waals surface area contributed by atoms with E-state index in [0.29, 0.717) is 12.6 Å². The van der Waals surface area contributed by atoms with Gasteiger partial charge in [0, 0.05) is 38.9 Å². The Balaban J connectivity index is 1.67. The van der Waals surface area contributed by atoms with Crippen molar-refractivity contribution in [3.63, 3.8) is 0 Å². The number of carbonyl (C=O) groups excluding carboxylic acids is 1. The van der Waals surface area contributed by atoms with Crippen LogP contribution in [-0.2, 0) is 11.3 Å². The Morgan fingerprint density at radius 1 is 1.52 bits per heavy atom. The average molecular weight is 294 g/mol. The maximum absolute atomic E-state index is 11.8. The van der Waals surface area contributed by atoms with Gasteiger partial charge in [0.1, 0.15) is 5.60 Å². The highest BCUT2D eigenvalue weighted by molar-refractivity contribution is 5.67. The van der Waals surface area contributed by atoms with Crippen LogP contribution in [0.2, 0.25) is 0 Å². The molecule has 0 spiro atoms. The largest absolute Gasteiger partial charge is 0.444 e. The highest BCUT2D eigenvalue weighted by atomic mass is 16.6. The summed E-state index contributed by atoms with van der Waals surface area (Å²) in [4.78, 5) is 17.6. The minimum Gasteiger partial charge on any atom is -0.444 e. The molecule has 6 nitrogen and oxygen atoms in total. The van der Waals surface area contributed by atoms with Crippen LogP contribution in [-0.4, -0.2) is 46.3 Å². The third kappa shape index (κ3) is 5.04. The Bertz CT molecular complexity index is 474. The summed E-state index contributed by atoms with van der Waals surface area (Å²) in [5, 5.41) is 3.35. The lowest BCUT2D eigenvalue weighted by molar-refractivity contribution is 0.0300. The fourth-order valence-corrected chi connectivity index (χ4v) is 2.04. The zero-order valence-electron chi connectivity index (χ0n) is 13.4. The van der Waals surface area contributed by atoms with Gasteiger partial charge in [-0.1, -0.05) is 0 Å². The summed E-state index contributed by atoms with van der Waals surface area (Å²) in [5.74, 6) is 0. The van der Waals surface area contributed by atoms with Crippen molar-refractivity contribution in [2.24, 2.45) is 0 Å². The van der Waals surface area contributed by atoms with Crippen LogP contribution < -0.4 is 5.32 Å². The molecule has 0 aromatic carbocycles. The fourth-order valence-electron chi connectivity index (χ4n) is 2.04. The molecule has 1 aliphatic carbocycles. The average Bonchev–Trinajstić information content (AvgIpc) is 3.12. The molecule has 1 saturated carbocycles. The van der Waals surface area contributed by atoms with Crippen molar-refractivity contribution in [3.8, 4) is 0 Å². The van der Waals surface area contributed by atoms with Gasteiger partial charge in [-0.15, -0.1) is 0 Å². The van der Waals surface area contributed by atoms with E-state index in [4.69, 9.17) is 4.74 Å². The Morgan fingerprint density at radius 2 is 2.24 bits per heavy atom. The predicted molar refractivity (Wildman–Crippen MR) is 81.1 cm³/mol. The molecule has 1 amide bonds. The molecule has 0 saturated heterocycles. The van der Waals surface area contributed by atoms with Crippen molar-refractivity contribution < 1.29 is 9.53 Å². The number of aromatic nitrogens is 2. The van der Waals surface area contributed by atoms with Crippen LogP contribution in [0.15, 0.2) is 12.5 Å². The SMILES string of the molecule is CN(CCNCc1cncn1C1CC1)C(=O)OC(C)(C)C. The lowest BCUT2D eigenvalue weighted by Gasteiger charge is -2.24. The summed E-state index contributed by atoms with van der Waals surface area (Å²) in [6.07, 6.45) is 6.03. The van der Waals surface area contributed by atoms with Gasteiger partial charge in [-0.05, 0) is 33.6 Å². The molecule has 2 rings (SSSR count). The summed E-state index contributed by atoms with van der Waals surface area (Å²) < 4.78 is 7.55. The Kier molecular flexibility index (Phi) is 4.88. The second-order valence-electron chi connectivity index (χ2n) is 6.60. The molecule has 118 valence electrons. The quantitative estimate of drug-likeness (QED) is 0.817. The summed E-state index contributed by atoms with van der Waals surface area (Å²) in [5.41, 5.74) is 0.757. The number of carbonyl (C=O) groups is 1. The van der Waals surface area contributed by atoms with Gasteiger partial charge < -0.3 is 19.5 Å². The van der Waals surface area contributed by atoms with Crippen LogP contribution in [0.1, 0.15) is 45.3 Å². The molecule has 1 aliphatic rings. The topological polar surface area (TPSA) is 59.4 Å². The van der Waals surface area contributed by atoms with E-state index in [9.17, 15) is 4.79 Å². The maximum Gasteiger partial charge on any atom is 0.410 e. The first-order chi connectivity index (χ1) is 9.87. The summed E-state index contributed by atoms with van der Waals surface area (Å²) in [6.45, 7) is 7.73. The van der Waals surface area contributed by atoms with Crippen LogP contribution in [0.3, 0.4) is 0 Å². The van der Waals surface area contributed by atoms with E-state index in [-0.39, 0.29) is 6.09 Å². The van der Waals surface area contributed by atoms with Gasteiger partial charge in [-0.2, -0.15) is 0 Å². The molecule has 1 aromatic heterocycles. The van der Waals surface area contributed by atoms with Gasteiger partial charge in [0.15, 0.2) is 0 Å². The van der Waals surface area contributed by atoms with Crippen molar-refractivity contribution >= 4 is 6.09 Å². The summed E-state index contributed by atoms with van der Waals surface area (Å²) in [6, 6.07) is 0.647. The standard InChI is InChI=1S/C15H26N4O2/c1-15(2,3)21-14(20)18(4)8-7-16-9-13-10-17-11-19(13)12-5-6-12/h10-12,16H,5-9H2,1-4H3. The van der Waals surface area contributed by atoms with E-state index in [1.54, 1.807) is 11.9 Å². The number of amides is 1. The second-order valence-corrected chi connectivity index (χ2v) is 6.60. The van der Waals surface area contributed by atoms with E-state index in [0.717, 1.165) is 13.1 Å². The van der Waals surface area contributed by atoms with Crippen molar-refractivity contribution in [3.05, 3.63) is 18.2 Å². The Labute approximate surface area is 126 Å². The molecule has 0 unspecified atom stereocenters. The van der Waals surface area contributed by atoms with E-state index in [1.165, 1.54) is 18.5 Å². The molecule has 6 heteroatoms. The number of nitrogens with one attached hydrogen (secondary N) is 1. The minimum atomic E-state index is -0.449. The lowest BCUT2D eigenvalue weighted by atomic mass is 10.2. The Hall–Kier alpha value is -1.56. The number of likely N-dealkylation sites (N-methyl/N-ethyl adjacent to an activating group) is 1. The molecule has 0 aliphatic heterocycles. The van der Waals surface area contributed by atoms with E-state index < -0.39 is 5.60 Å². The third-order valence-electron chi connectivity index (χ3n) is 3.32. The molecule has 1 N–H and O–H groups in total. The summed E-state index contributed by atoms with van der Waals surface area (Å²) >= 11 is 0. The second kappa shape index (κ2) is 6.47. The van der Waals surface area contributed by atoms with E-state index >= 15 is 0 Å². The highest BCUT2D eigenvalue weighted by Gasteiger charge is 2.25. The first-order valence-corrected chi connectivity index (χ1v) is 7.52. The van der Waals surface area contributed by atoms with Gasteiger partial charge in [-0.25, -0.2) is 9.78 Å². The number of hydrogen-bond acceptors (Lipinski definition) is 4. The van der Waals surface area contributed by atoms with Crippen molar-refractivity contribution in [1.29, 1.82) is 0 Å². The van der Waals surface area contributed by atoms with Crippen molar-refractivity contribution in [2.75, 3.05) is 20.1 Å². The van der Waals surface area contributed by atoms with Crippen molar-refractivity contribution in [2.45, 2.75) is 51.8 Å².